The molecule has 2 rings (SSSR count). The number of primary amides is 1. The molecule has 1 amide bonds. The van der Waals surface area contributed by atoms with Gasteiger partial charge in [-0.1, -0.05) is 6.07 Å². The van der Waals surface area contributed by atoms with Gasteiger partial charge in [-0.15, -0.1) is 0 Å². The molecule has 0 aliphatic heterocycles. The first-order valence-corrected chi connectivity index (χ1v) is 4.92. The SMILES string of the molecule is C[C@@H](C(N)=O)n1cc(-c2cccnc2)cn1. The van der Waals surface area contributed by atoms with Gasteiger partial charge < -0.3 is 5.73 Å². The Bertz CT molecular complexity index is 492. The van der Waals surface area contributed by atoms with Gasteiger partial charge in [0.15, 0.2) is 0 Å². The van der Waals surface area contributed by atoms with Gasteiger partial charge in [-0.2, -0.15) is 5.10 Å². The second-order valence-corrected chi connectivity index (χ2v) is 3.53. The number of amides is 1. The van der Waals surface area contributed by atoms with Crippen LogP contribution in [0.5, 0.6) is 0 Å². The molecular weight excluding hydrogens is 204 g/mol. The molecule has 0 saturated heterocycles. The van der Waals surface area contributed by atoms with E-state index in [1.807, 2.05) is 12.1 Å². The first-order valence-electron chi connectivity index (χ1n) is 4.92. The minimum atomic E-state index is -0.439. The highest BCUT2D eigenvalue weighted by atomic mass is 16.1. The topological polar surface area (TPSA) is 73.8 Å². The van der Waals surface area contributed by atoms with Gasteiger partial charge in [-0.3, -0.25) is 14.5 Å². The van der Waals surface area contributed by atoms with E-state index in [0.29, 0.717) is 0 Å². The molecule has 0 aromatic carbocycles. The third-order valence-electron chi connectivity index (χ3n) is 2.40. The van der Waals surface area contributed by atoms with Crippen LogP contribution in [0.15, 0.2) is 36.9 Å². The van der Waals surface area contributed by atoms with Crippen LogP contribution in [-0.2, 0) is 4.79 Å². The Morgan fingerprint density at radius 2 is 2.25 bits per heavy atom. The minimum Gasteiger partial charge on any atom is -0.368 e. The van der Waals surface area contributed by atoms with Gasteiger partial charge in [0.25, 0.3) is 0 Å². The molecule has 2 heterocycles. The van der Waals surface area contributed by atoms with Crippen LogP contribution in [0.3, 0.4) is 0 Å². The van der Waals surface area contributed by atoms with Crippen molar-refractivity contribution in [1.29, 1.82) is 0 Å². The zero-order valence-electron chi connectivity index (χ0n) is 8.87. The van der Waals surface area contributed by atoms with Gasteiger partial charge in [-0.25, -0.2) is 0 Å². The molecule has 0 aliphatic carbocycles. The first-order chi connectivity index (χ1) is 7.68. The number of carbonyl (C=O) groups excluding carboxylic acids is 1. The zero-order chi connectivity index (χ0) is 11.5. The van der Waals surface area contributed by atoms with Crippen molar-refractivity contribution in [2.75, 3.05) is 0 Å². The summed E-state index contributed by atoms with van der Waals surface area (Å²) in [4.78, 5) is 15.0. The number of hydrogen-bond donors (Lipinski definition) is 1. The summed E-state index contributed by atoms with van der Waals surface area (Å²) in [5, 5.41) is 4.10. The van der Waals surface area contributed by atoms with E-state index >= 15 is 0 Å². The van der Waals surface area contributed by atoms with Gasteiger partial charge >= 0.3 is 0 Å². The Hall–Kier alpha value is -2.17. The van der Waals surface area contributed by atoms with Crippen LogP contribution in [0.4, 0.5) is 0 Å². The Morgan fingerprint density at radius 3 is 2.88 bits per heavy atom. The van der Waals surface area contributed by atoms with Crippen molar-refractivity contribution in [3.63, 3.8) is 0 Å². The van der Waals surface area contributed by atoms with Gasteiger partial charge in [0.05, 0.1) is 6.20 Å². The molecule has 0 spiro atoms. The molecule has 5 nitrogen and oxygen atoms in total. The normalized spacial score (nSPS) is 12.3. The maximum Gasteiger partial charge on any atom is 0.241 e. The monoisotopic (exact) mass is 216 g/mol. The molecule has 0 fully saturated rings. The van der Waals surface area contributed by atoms with Crippen molar-refractivity contribution in [2.45, 2.75) is 13.0 Å². The van der Waals surface area contributed by atoms with Crippen molar-refractivity contribution in [3.05, 3.63) is 36.9 Å². The largest absolute Gasteiger partial charge is 0.368 e. The fourth-order valence-corrected chi connectivity index (χ4v) is 1.36. The third kappa shape index (κ3) is 1.93. The van der Waals surface area contributed by atoms with E-state index in [2.05, 4.69) is 10.1 Å². The fraction of sp³-hybridized carbons (Fsp3) is 0.182. The molecule has 82 valence electrons. The molecule has 0 radical (unpaired) electrons. The summed E-state index contributed by atoms with van der Waals surface area (Å²) in [5.41, 5.74) is 7.08. The van der Waals surface area contributed by atoms with Crippen molar-refractivity contribution >= 4 is 5.91 Å². The highest BCUT2D eigenvalue weighted by molar-refractivity contribution is 5.78. The number of pyridine rings is 1. The number of rotatable bonds is 3. The Kier molecular flexibility index (Phi) is 2.68. The molecule has 0 unspecified atom stereocenters. The number of carbonyl (C=O) groups is 1. The first kappa shape index (κ1) is 10.4. The standard InChI is InChI=1S/C11H12N4O/c1-8(11(12)16)15-7-10(6-14-15)9-3-2-4-13-5-9/h2-8H,1H3,(H2,12,16)/t8-/m0/s1. The summed E-state index contributed by atoms with van der Waals surface area (Å²) >= 11 is 0. The van der Waals surface area contributed by atoms with Gasteiger partial charge in [0.1, 0.15) is 6.04 Å². The van der Waals surface area contributed by atoms with Crippen LogP contribution < -0.4 is 5.73 Å². The number of nitrogens with zero attached hydrogens (tertiary/aromatic N) is 3. The molecule has 0 bridgehead atoms. The van der Waals surface area contributed by atoms with Crippen LogP contribution in [0, 0.1) is 0 Å². The second kappa shape index (κ2) is 4.14. The molecule has 2 N–H and O–H groups in total. The summed E-state index contributed by atoms with van der Waals surface area (Å²) in [6.45, 7) is 1.71. The lowest BCUT2D eigenvalue weighted by atomic mass is 10.2. The molecule has 2 aromatic heterocycles. The average Bonchev–Trinajstić information content (AvgIpc) is 2.78. The van der Waals surface area contributed by atoms with Gasteiger partial charge in [0, 0.05) is 29.7 Å². The van der Waals surface area contributed by atoms with Crippen molar-refractivity contribution < 1.29 is 4.79 Å². The van der Waals surface area contributed by atoms with Crippen molar-refractivity contribution in [1.82, 2.24) is 14.8 Å². The van der Waals surface area contributed by atoms with E-state index in [-0.39, 0.29) is 0 Å². The Labute approximate surface area is 92.9 Å². The highest BCUT2D eigenvalue weighted by Gasteiger charge is 2.12. The predicted octanol–water partition coefficient (Wildman–Crippen LogP) is 0.991. The van der Waals surface area contributed by atoms with E-state index in [1.165, 1.54) is 0 Å². The second-order valence-electron chi connectivity index (χ2n) is 3.53. The number of aromatic nitrogens is 3. The smallest absolute Gasteiger partial charge is 0.241 e. The number of hydrogen-bond acceptors (Lipinski definition) is 3. The molecule has 16 heavy (non-hydrogen) atoms. The molecule has 5 heteroatoms. The van der Waals surface area contributed by atoms with E-state index in [1.54, 1.807) is 36.4 Å². The van der Waals surface area contributed by atoms with Crippen molar-refractivity contribution in [2.24, 2.45) is 5.73 Å². The van der Waals surface area contributed by atoms with E-state index in [9.17, 15) is 4.79 Å². The highest BCUT2D eigenvalue weighted by Crippen LogP contribution is 2.18. The predicted molar refractivity (Wildman–Crippen MR) is 59.4 cm³/mol. The van der Waals surface area contributed by atoms with Crippen LogP contribution in [0.2, 0.25) is 0 Å². The summed E-state index contributed by atoms with van der Waals surface area (Å²) in [7, 11) is 0. The van der Waals surface area contributed by atoms with Crippen LogP contribution >= 0.6 is 0 Å². The summed E-state index contributed by atoms with van der Waals surface area (Å²) in [5.74, 6) is -0.402. The maximum atomic E-state index is 11.0. The van der Waals surface area contributed by atoms with Gasteiger partial charge in [0.2, 0.25) is 5.91 Å². The van der Waals surface area contributed by atoms with Gasteiger partial charge in [-0.05, 0) is 13.0 Å². The maximum absolute atomic E-state index is 11.0. The summed E-state index contributed by atoms with van der Waals surface area (Å²) < 4.78 is 1.55. The van der Waals surface area contributed by atoms with E-state index in [4.69, 9.17) is 5.73 Å². The van der Waals surface area contributed by atoms with Crippen LogP contribution in [0.1, 0.15) is 13.0 Å². The molecule has 0 aliphatic rings. The lowest BCUT2D eigenvalue weighted by Crippen LogP contribution is -2.24. The van der Waals surface area contributed by atoms with Crippen LogP contribution in [0.25, 0.3) is 11.1 Å². The Balaban J connectivity index is 2.30. The van der Waals surface area contributed by atoms with E-state index < -0.39 is 11.9 Å². The molecule has 1 atom stereocenters. The summed E-state index contributed by atoms with van der Waals surface area (Å²) in [6, 6.07) is 3.35. The minimum absolute atomic E-state index is 0.402. The average molecular weight is 216 g/mol. The van der Waals surface area contributed by atoms with E-state index in [0.717, 1.165) is 11.1 Å². The van der Waals surface area contributed by atoms with Crippen molar-refractivity contribution in [3.8, 4) is 11.1 Å². The quantitative estimate of drug-likeness (QED) is 0.831. The molecule has 2 aromatic rings. The third-order valence-corrected chi connectivity index (χ3v) is 2.40. The fourth-order valence-electron chi connectivity index (χ4n) is 1.36. The van der Waals surface area contributed by atoms with Crippen LogP contribution in [-0.4, -0.2) is 20.7 Å². The lowest BCUT2D eigenvalue weighted by molar-refractivity contribution is -0.120. The zero-order valence-corrected chi connectivity index (χ0v) is 8.87. The molecule has 0 saturated carbocycles. The molecular formula is C11H12N4O. The Morgan fingerprint density at radius 1 is 1.44 bits per heavy atom. The summed E-state index contributed by atoms with van der Waals surface area (Å²) in [6.07, 6.45) is 6.93. The number of nitrogens with two attached hydrogens (primary N) is 1. The lowest BCUT2D eigenvalue weighted by Gasteiger charge is -2.06.